The van der Waals surface area contributed by atoms with Gasteiger partial charge in [-0.05, 0) is 36.8 Å². The van der Waals surface area contributed by atoms with Crippen molar-refractivity contribution in [3.63, 3.8) is 0 Å². The second kappa shape index (κ2) is 5.90. The molecule has 0 spiro atoms. The Bertz CT molecular complexity index is 604. The van der Waals surface area contributed by atoms with Crippen LogP contribution in [0.4, 0.5) is 4.39 Å². The predicted molar refractivity (Wildman–Crippen MR) is 78.2 cm³/mol. The van der Waals surface area contributed by atoms with Crippen LogP contribution in [0.15, 0.2) is 40.9 Å². The number of hydrogen-bond acceptors (Lipinski definition) is 2. The normalized spacial score (nSPS) is 12.3. The topological polar surface area (TPSA) is 35.2 Å². The molecular weight excluding hydrogens is 333 g/mol. The first-order valence-electron chi connectivity index (χ1n) is 5.65. The van der Waals surface area contributed by atoms with E-state index in [1.807, 2.05) is 13.0 Å². The molecule has 0 bridgehead atoms. The summed E-state index contributed by atoms with van der Waals surface area (Å²) in [5, 5.41) is 0.0702. The van der Waals surface area contributed by atoms with Crippen LogP contribution in [0.2, 0.25) is 5.02 Å². The van der Waals surface area contributed by atoms with Crippen molar-refractivity contribution in [1.82, 2.24) is 0 Å². The Balaban J connectivity index is 2.24. The van der Waals surface area contributed by atoms with Gasteiger partial charge in [-0.1, -0.05) is 33.6 Å². The predicted octanol–water partition coefficient (Wildman–Crippen LogP) is 5.05. The Morgan fingerprint density at radius 1 is 1.21 bits per heavy atom. The molecule has 0 saturated heterocycles. The van der Waals surface area contributed by atoms with Gasteiger partial charge in [0.1, 0.15) is 17.3 Å². The number of benzene rings is 2. The first kappa shape index (κ1) is 14.3. The summed E-state index contributed by atoms with van der Waals surface area (Å²) < 4.78 is 19.7. The van der Waals surface area contributed by atoms with E-state index >= 15 is 0 Å². The van der Waals surface area contributed by atoms with Crippen molar-refractivity contribution in [2.45, 2.75) is 13.0 Å². The molecule has 0 radical (unpaired) electrons. The Morgan fingerprint density at radius 2 is 1.84 bits per heavy atom. The van der Waals surface area contributed by atoms with Gasteiger partial charge in [-0.15, -0.1) is 0 Å². The maximum absolute atomic E-state index is 13.3. The molecule has 19 heavy (non-hydrogen) atoms. The lowest BCUT2D eigenvalue weighted by Crippen LogP contribution is -2.05. The van der Waals surface area contributed by atoms with Gasteiger partial charge in [-0.2, -0.15) is 0 Å². The third kappa shape index (κ3) is 3.47. The second-order valence-electron chi connectivity index (χ2n) is 4.15. The zero-order chi connectivity index (χ0) is 14.0. The first-order chi connectivity index (χ1) is 8.97. The van der Waals surface area contributed by atoms with E-state index in [-0.39, 0.29) is 11.1 Å². The molecule has 2 rings (SSSR count). The van der Waals surface area contributed by atoms with E-state index in [9.17, 15) is 4.39 Å². The number of hydrogen-bond donors (Lipinski definition) is 1. The van der Waals surface area contributed by atoms with Gasteiger partial charge in [0.15, 0.2) is 0 Å². The highest BCUT2D eigenvalue weighted by Crippen LogP contribution is 2.30. The summed E-state index contributed by atoms with van der Waals surface area (Å²) in [5.41, 5.74) is 6.80. The molecule has 0 fully saturated rings. The SMILES string of the molecule is C[C@H](N)c1ccc(Oc2ccc(Cl)c(F)c2)cc1Br. The van der Waals surface area contributed by atoms with Crippen LogP contribution in [-0.2, 0) is 0 Å². The fourth-order valence-corrected chi connectivity index (χ4v) is 2.45. The molecule has 0 aromatic heterocycles. The van der Waals surface area contributed by atoms with E-state index in [0.29, 0.717) is 11.5 Å². The van der Waals surface area contributed by atoms with Crippen molar-refractivity contribution in [3.05, 3.63) is 57.3 Å². The van der Waals surface area contributed by atoms with E-state index in [0.717, 1.165) is 10.0 Å². The molecule has 5 heteroatoms. The number of halogens is 3. The van der Waals surface area contributed by atoms with Crippen molar-refractivity contribution in [1.29, 1.82) is 0 Å². The largest absolute Gasteiger partial charge is 0.457 e. The third-order valence-corrected chi connectivity index (χ3v) is 3.58. The highest BCUT2D eigenvalue weighted by atomic mass is 79.9. The van der Waals surface area contributed by atoms with Crippen molar-refractivity contribution in [3.8, 4) is 11.5 Å². The van der Waals surface area contributed by atoms with Crippen LogP contribution in [-0.4, -0.2) is 0 Å². The highest BCUT2D eigenvalue weighted by Gasteiger charge is 2.08. The Kier molecular flexibility index (Phi) is 4.45. The van der Waals surface area contributed by atoms with Crippen molar-refractivity contribution in [2.24, 2.45) is 5.73 Å². The van der Waals surface area contributed by atoms with Crippen LogP contribution < -0.4 is 10.5 Å². The summed E-state index contributed by atoms with van der Waals surface area (Å²) in [6, 6.07) is 9.69. The first-order valence-corrected chi connectivity index (χ1v) is 6.82. The molecule has 0 aliphatic carbocycles. The Labute approximate surface area is 124 Å². The molecule has 0 aliphatic rings. The maximum Gasteiger partial charge on any atom is 0.145 e. The lowest BCUT2D eigenvalue weighted by Gasteiger charge is -2.11. The van der Waals surface area contributed by atoms with Crippen molar-refractivity contribution < 1.29 is 9.13 Å². The average molecular weight is 345 g/mol. The fourth-order valence-electron chi connectivity index (χ4n) is 1.62. The molecular formula is C14H12BrClFNO. The third-order valence-electron chi connectivity index (χ3n) is 2.59. The minimum atomic E-state index is -0.509. The molecule has 2 aromatic carbocycles. The van der Waals surface area contributed by atoms with Crippen molar-refractivity contribution >= 4 is 27.5 Å². The molecule has 0 amide bonds. The monoisotopic (exact) mass is 343 g/mol. The molecule has 2 aromatic rings. The van der Waals surface area contributed by atoms with Crippen LogP contribution in [0.25, 0.3) is 0 Å². The molecule has 100 valence electrons. The van der Waals surface area contributed by atoms with E-state index < -0.39 is 5.82 Å². The van der Waals surface area contributed by atoms with E-state index in [1.165, 1.54) is 12.1 Å². The van der Waals surface area contributed by atoms with Gasteiger partial charge >= 0.3 is 0 Å². The molecule has 0 aliphatic heterocycles. The lowest BCUT2D eigenvalue weighted by molar-refractivity contribution is 0.476. The number of rotatable bonds is 3. The second-order valence-corrected chi connectivity index (χ2v) is 5.41. The fraction of sp³-hybridized carbons (Fsp3) is 0.143. The van der Waals surface area contributed by atoms with Crippen LogP contribution in [0.1, 0.15) is 18.5 Å². The minimum absolute atomic E-state index is 0.0702. The molecule has 2 N–H and O–H groups in total. The average Bonchev–Trinajstić information content (AvgIpc) is 2.33. The van der Waals surface area contributed by atoms with Crippen LogP contribution >= 0.6 is 27.5 Å². The van der Waals surface area contributed by atoms with Gasteiger partial charge in [0.05, 0.1) is 5.02 Å². The Morgan fingerprint density at radius 3 is 2.42 bits per heavy atom. The van der Waals surface area contributed by atoms with Crippen molar-refractivity contribution in [2.75, 3.05) is 0 Å². The van der Waals surface area contributed by atoms with Gasteiger partial charge in [-0.25, -0.2) is 4.39 Å². The molecule has 2 nitrogen and oxygen atoms in total. The summed E-state index contributed by atoms with van der Waals surface area (Å²) in [5.74, 6) is 0.478. The van der Waals surface area contributed by atoms with Gasteiger partial charge in [0, 0.05) is 16.6 Å². The minimum Gasteiger partial charge on any atom is -0.457 e. The standard InChI is InChI=1S/C14H12BrClFNO/c1-8(18)11-4-2-9(6-12(11)15)19-10-3-5-13(16)14(17)7-10/h2-8H,18H2,1H3/t8-/m0/s1. The van der Waals surface area contributed by atoms with Gasteiger partial charge in [0.25, 0.3) is 0 Å². The molecule has 1 atom stereocenters. The zero-order valence-corrected chi connectivity index (χ0v) is 12.5. The summed E-state index contributed by atoms with van der Waals surface area (Å²) in [4.78, 5) is 0. The quantitative estimate of drug-likeness (QED) is 0.845. The summed E-state index contributed by atoms with van der Waals surface area (Å²) >= 11 is 9.04. The van der Waals surface area contributed by atoms with Gasteiger partial charge < -0.3 is 10.5 Å². The van der Waals surface area contributed by atoms with Gasteiger partial charge in [-0.3, -0.25) is 0 Å². The van der Waals surface area contributed by atoms with E-state index in [1.54, 1.807) is 18.2 Å². The number of ether oxygens (including phenoxy) is 1. The zero-order valence-electron chi connectivity index (χ0n) is 10.2. The van der Waals surface area contributed by atoms with Crippen LogP contribution in [0.5, 0.6) is 11.5 Å². The van der Waals surface area contributed by atoms with Crippen LogP contribution in [0.3, 0.4) is 0 Å². The number of nitrogens with two attached hydrogens (primary N) is 1. The Hall–Kier alpha value is -1.10. The summed E-state index contributed by atoms with van der Waals surface area (Å²) in [6.07, 6.45) is 0. The molecule has 0 saturated carbocycles. The van der Waals surface area contributed by atoms with Gasteiger partial charge in [0.2, 0.25) is 0 Å². The highest BCUT2D eigenvalue weighted by molar-refractivity contribution is 9.10. The lowest BCUT2D eigenvalue weighted by atomic mass is 10.1. The molecule has 0 heterocycles. The maximum atomic E-state index is 13.3. The van der Waals surface area contributed by atoms with E-state index in [4.69, 9.17) is 22.1 Å². The summed E-state index contributed by atoms with van der Waals surface area (Å²) in [7, 11) is 0. The molecule has 0 unspecified atom stereocenters. The smallest absolute Gasteiger partial charge is 0.145 e. The summed E-state index contributed by atoms with van der Waals surface area (Å²) in [6.45, 7) is 1.90. The van der Waals surface area contributed by atoms with Crippen LogP contribution in [0, 0.1) is 5.82 Å². The van der Waals surface area contributed by atoms with E-state index in [2.05, 4.69) is 15.9 Å².